The molecular formula is C19H18N2OS. The highest BCUT2D eigenvalue weighted by molar-refractivity contribution is 7.13. The van der Waals surface area contributed by atoms with E-state index in [9.17, 15) is 4.79 Å². The van der Waals surface area contributed by atoms with Crippen LogP contribution in [0.15, 0.2) is 66.3 Å². The summed E-state index contributed by atoms with van der Waals surface area (Å²) in [6.45, 7) is 0.514. The standard InChI is InChI=1S/C19H18N2OS/c22-19(9-8-15-5-2-1-3-6-15)21-13-16-11-17(14-20-12-16)18-7-4-10-23-18/h1-7,10-12,14H,8-9,13H2,(H,21,22). The lowest BCUT2D eigenvalue weighted by Crippen LogP contribution is -2.23. The lowest BCUT2D eigenvalue weighted by molar-refractivity contribution is -0.121. The Morgan fingerprint density at radius 1 is 1.04 bits per heavy atom. The lowest BCUT2D eigenvalue weighted by atomic mass is 10.1. The third-order valence-electron chi connectivity index (χ3n) is 3.57. The van der Waals surface area contributed by atoms with Crippen molar-refractivity contribution in [2.24, 2.45) is 0 Å². The van der Waals surface area contributed by atoms with Gasteiger partial charge in [-0.25, -0.2) is 0 Å². The number of carbonyl (C=O) groups excluding carboxylic acids is 1. The van der Waals surface area contributed by atoms with Crippen LogP contribution in [0.1, 0.15) is 17.5 Å². The van der Waals surface area contributed by atoms with E-state index in [1.807, 2.05) is 48.0 Å². The van der Waals surface area contributed by atoms with E-state index in [0.29, 0.717) is 13.0 Å². The fourth-order valence-corrected chi connectivity index (χ4v) is 3.06. The Kier molecular flexibility index (Phi) is 5.17. The van der Waals surface area contributed by atoms with Crippen LogP contribution < -0.4 is 5.32 Å². The predicted octanol–water partition coefficient (Wildman–Crippen LogP) is 4.06. The molecule has 0 radical (unpaired) electrons. The average molecular weight is 322 g/mol. The number of hydrogen-bond donors (Lipinski definition) is 1. The molecule has 2 aromatic heterocycles. The van der Waals surface area contributed by atoms with Crippen LogP contribution in [0, 0.1) is 0 Å². The van der Waals surface area contributed by atoms with Crippen LogP contribution in [0.25, 0.3) is 10.4 Å². The monoisotopic (exact) mass is 322 g/mol. The van der Waals surface area contributed by atoms with Gasteiger partial charge in [-0.3, -0.25) is 9.78 Å². The van der Waals surface area contributed by atoms with Crippen LogP contribution in [0.2, 0.25) is 0 Å². The first-order valence-electron chi connectivity index (χ1n) is 7.60. The molecule has 0 saturated carbocycles. The zero-order valence-electron chi connectivity index (χ0n) is 12.7. The number of hydrogen-bond acceptors (Lipinski definition) is 3. The number of aryl methyl sites for hydroxylation is 1. The third-order valence-corrected chi connectivity index (χ3v) is 4.49. The maximum absolute atomic E-state index is 12.0. The molecule has 4 heteroatoms. The summed E-state index contributed by atoms with van der Waals surface area (Å²) in [4.78, 5) is 17.4. The SMILES string of the molecule is O=C(CCc1ccccc1)NCc1cncc(-c2cccs2)c1. The number of rotatable bonds is 6. The third kappa shape index (κ3) is 4.50. The minimum atomic E-state index is 0.0652. The topological polar surface area (TPSA) is 42.0 Å². The molecule has 3 nitrogen and oxygen atoms in total. The second-order valence-electron chi connectivity index (χ2n) is 5.32. The van der Waals surface area contributed by atoms with E-state index in [-0.39, 0.29) is 5.91 Å². The van der Waals surface area contributed by atoms with E-state index in [2.05, 4.69) is 22.4 Å². The fourth-order valence-electron chi connectivity index (χ4n) is 2.35. The molecule has 3 aromatic rings. The minimum absolute atomic E-state index is 0.0652. The molecule has 0 unspecified atom stereocenters. The Morgan fingerprint density at radius 3 is 2.70 bits per heavy atom. The molecule has 0 atom stereocenters. The molecule has 0 aliphatic carbocycles. The summed E-state index contributed by atoms with van der Waals surface area (Å²) < 4.78 is 0. The van der Waals surface area contributed by atoms with Crippen LogP contribution in [0.5, 0.6) is 0 Å². The van der Waals surface area contributed by atoms with Gasteiger partial charge >= 0.3 is 0 Å². The molecule has 23 heavy (non-hydrogen) atoms. The number of pyridine rings is 1. The average Bonchev–Trinajstić information content (AvgIpc) is 3.14. The second kappa shape index (κ2) is 7.70. The van der Waals surface area contributed by atoms with Gasteiger partial charge in [0.2, 0.25) is 5.91 Å². The second-order valence-corrected chi connectivity index (χ2v) is 6.27. The summed E-state index contributed by atoms with van der Waals surface area (Å²) in [6.07, 6.45) is 4.92. The van der Waals surface area contributed by atoms with Crippen molar-refractivity contribution in [3.63, 3.8) is 0 Å². The molecule has 1 amide bonds. The molecular weight excluding hydrogens is 304 g/mol. The van der Waals surface area contributed by atoms with Crippen molar-refractivity contribution < 1.29 is 4.79 Å². The molecule has 0 aliphatic rings. The van der Waals surface area contributed by atoms with E-state index in [4.69, 9.17) is 0 Å². The number of nitrogens with one attached hydrogen (secondary N) is 1. The van der Waals surface area contributed by atoms with Gasteiger partial charge in [0, 0.05) is 35.8 Å². The highest BCUT2D eigenvalue weighted by atomic mass is 32.1. The summed E-state index contributed by atoms with van der Waals surface area (Å²) >= 11 is 1.69. The number of aromatic nitrogens is 1. The van der Waals surface area contributed by atoms with Gasteiger partial charge < -0.3 is 5.32 Å². The summed E-state index contributed by atoms with van der Waals surface area (Å²) in [6, 6.07) is 16.2. The van der Waals surface area contributed by atoms with Gasteiger partial charge in [0.1, 0.15) is 0 Å². The van der Waals surface area contributed by atoms with Gasteiger partial charge in [-0.05, 0) is 35.1 Å². The van der Waals surface area contributed by atoms with E-state index < -0.39 is 0 Å². The van der Waals surface area contributed by atoms with Crippen molar-refractivity contribution in [1.82, 2.24) is 10.3 Å². The number of carbonyl (C=O) groups is 1. The zero-order valence-corrected chi connectivity index (χ0v) is 13.6. The van der Waals surface area contributed by atoms with E-state index in [0.717, 1.165) is 17.5 Å². The normalized spacial score (nSPS) is 10.4. The first-order valence-corrected chi connectivity index (χ1v) is 8.47. The number of nitrogens with zero attached hydrogens (tertiary/aromatic N) is 1. The Morgan fingerprint density at radius 2 is 1.91 bits per heavy atom. The zero-order chi connectivity index (χ0) is 15.9. The number of amides is 1. The van der Waals surface area contributed by atoms with E-state index in [1.165, 1.54) is 10.4 Å². The summed E-state index contributed by atoms with van der Waals surface area (Å²) in [5, 5.41) is 5.02. The van der Waals surface area contributed by atoms with Gasteiger partial charge in [-0.2, -0.15) is 0 Å². The van der Waals surface area contributed by atoms with Crippen LogP contribution in [-0.2, 0) is 17.8 Å². The number of benzene rings is 1. The Hall–Kier alpha value is -2.46. The van der Waals surface area contributed by atoms with E-state index >= 15 is 0 Å². The molecule has 0 saturated heterocycles. The Labute approximate surface area is 140 Å². The molecule has 116 valence electrons. The molecule has 0 spiro atoms. The smallest absolute Gasteiger partial charge is 0.220 e. The summed E-state index contributed by atoms with van der Waals surface area (Å²) in [5.41, 5.74) is 3.30. The van der Waals surface area contributed by atoms with Crippen molar-refractivity contribution in [1.29, 1.82) is 0 Å². The van der Waals surface area contributed by atoms with Crippen molar-refractivity contribution in [2.45, 2.75) is 19.4 Å². The maximum Gasteiger partial charge on any atom is 0.220 e. The highest BCUT2D eigenvalue weighted by Crippen LogP contribution is 2.24. The van der Waals surface area contributed by atoms with Crippen molar-refractivity contribution in [3.8, 4) is 10.4 Å². The van der Waals surface area contributed by atoms with Crippen LogP contribution >= 0.6 is 11.3 Å². The molecule has 0 fully saturated rings. The van der Waals surface area contributed by atoms with Gasteiger partial charge in [0.15, 0.2) is 0 Å². The van der Waals surface area contributed by atoms with E-state index in [1.54, 1.807) is 17.5 Å². The first kappa shape index (κ1) is 15.4. The minimum Gasteiger partial charge on any atom is -0.352 e. The maximum atomic E-state index is 12.0. The fraction of sp³-hybridized carbons (Fsp3) is 0.158. The Balaban J connectivity index is 1.52. The van der Waals surface area contributed by atoms with Gasteiger partial charge in [-0.1, -0.05) is 36.4 Å². The van der Waals surface area contributed by atoms with Crippen LogP contribution in [-0.4, -0.2) is 10.9 Å². The summed E-state index contributed by atoms with van der Waals surface area (Å²) in [5.74, 6) is 0.0652. The molecule has 0 bridgehead atoms. The molecule has 0 aliphatic heterocycles. The van der Waals surface area contributed by atoms with Crippen molar-refractivity contribution >= 4 is 17.2 Å². The van der Waals surface area contributed by atoms with Crippen molar-refractivity contribution in [3.05, 3.63) is 77.4 Å². The molecule has 1 aromatic carbocycles. The number of thiophene rings is 1. The van der Waals surface area contributed by atoms with Crippen LogP contribution in [0.3, 0.4) is 0 Å². The largest absolute Gasteiger partial charge is 0.352 e. The predicted molar refractivity (Wildman–Crippen MR) is 94.2 cm³/mol. The molecule has 3 rings (SSSR count). The van der Waals surface area contributed by atoms with Gasteiger partial charge in [0.05, 0.1) is 0 Å². The lowest BCUT2D eigenvalue weighted by Gasteiger charge is -2.06. The molecule has 2 heterocycles. The van der Waals surface area contributed by atoms with Gasteiger partial charge in [0.25, 0.3) is 0 Å². The van der Waals surface area contributed by atoms with Crippen molar-refractivity contribution in [2.75, 3.05) is 0 Å². The first-order chi connectivity index (χ1) is 11.3. The van der Waals surface area contributed by atoms with Crippen LogP contribution in [0.4, 0.5) is 0 Å². The molecule has 1 N–H and O–H groups in total. The van der Waals surface area contributed by atoms with Gasteiger partial charge in [-0.15, -0.1) is 11.3 Å². The summed E-state index contributed by atoms with van der Waals surface area (Å²) in [7, 11) is 0. The quantitative estimate of drug-likeness (QED) is 0.743. The Bertz CT molecular complexity index is 754. The highest BCUT2D eigenvalue weighted by Gasteiger charge is 2.04.